The first-order valence-corrected chi connectivity index (χ1v) is 8.57. The van der Waals surface area contributed by atoms with E-state index < -0.39 is 15.2 Å². The Balaban J connectivity index is 2.36. The Kier molecular flexibility index (Phi) is 3.98. The number of benzene rings is 1. The van der Waals surface area contributed by atoms with Gasteiger partial charge in [-0.05, 0) is 26.0 Å². The van der Waals surface area contributed by atoms with Gasteiger partial charge in [0, 0.05) is 0 Å². The molecule has 0 saturated carbocycles. The lowest BCUT2D eigenvalue weighted by atomic mass is 10.2. The molecule has 1 aromatic rings. The van der Waals surface area contributed by atoms with Crippen LogP contribution in [0.3, 0.4) is 0 Å². The van der Waals surface area contributed by atoms with Gasteiger partial charge in [-0.25, -0.2) is 8.42 Å². The number of sulfone groups is 1. The lowest BCUT2D eigenvalue weighted by Crippen LogP contribution is -2.42. The van der Waals surface area contributed by atoms with Gasteiger partial charge >= 0.3 is 0 Å². The predicted molar refractivity (Wildman–Crippen MR) is 79.7 cm³/mol. The fourth-order valence-corrected chi connectivity index (χ4v) is 4.54. The fraction of sp³-hybridized carbons (Fsp3) is 0.333. The Hall–Kier alpha value is -0.920. The second-order valence-electron chi connectivity index (χ2n) is 4.28. The molecular weight excluding hydrogens is 302 g/mol. The van der Waals surface area contributed by atoms with Crippen molar-refractivity contribution in [3.05, 3.63) is 29.8 Å². The third-order valence-corrected chi connectivity index (χ3v) is 6.37. The van der Waals surface area contributed by atoms with Gasteiger partial charge in [0.25, 0.3) is 0 Å². The van der Waals surface area contributed by atoms with Crippen molar-refractivity contribution in [1.29, 1.82) is 0 Å². The van der Waals surface area contributed by atoms with Crippen LogP contribution >= 0.6 is 24.0 Å². The molecule has 1 unspecified atom stereocenters. The summed E-state index contributed by atoms with van der Waals surface area (Å²) in [5.74, 6) is -0.0368. The zero-order chi connectivity index (χ0) is 14.2. The molecule has 4 nitrogen and oxygen atoms in total. The van der Waals surface area contributed by atoms with E-state index in [2.05, 4.69) is 0 Å². The van der Waals surface area contributed by atoms with Crippen LogP contribution in [0.15, 0.2) is 29.2 Å². The minimum atomic E-state index is -3.60. The molecule has 0 spiro atoms. The molecule has 1 atom stereocenters. The number of nitrogens with zero attached hydrogens (tertiary/aromatic N) is 1. The number of hydrogen-bond acceptors (Lipinski definition) is 5. The minimum absolute atomic E-state index is 0.207. The molecule has 1 amide bonds. The molecule has 1 heterocycles. The van der Waals surface area contributed by atoms with Crippen molar-refractivity contribution in [3.63, 3.8) is 0 Å². The number of carbonyl (C=O) groups is 1. The highest BCUT2D eigenvalue weighted by Gasteiger charge is 2.38. The average Bonchev–Trinajstić information content (AvgIpc) is 2.68. The van der Waals surface area contributed by atoms with Crippen LogP contribution < -0.4 is 0 Å². The van der Waals surface area contributed by atoms with Gasteiger partial charge in [-0.3, -0.25) is 9.69 Å². The van der Waals surface area contributed by atoms with Gasteiger partial charge < -0.3 is 0 Å². The summed E-state index contributed by atoms with van der Waals surface area (Å²) in [6.45, 7) is 3.38. The number of rotatable bonds is 3. The number of thioether (sulfide) groups is 1. The Morgan fingerprint density at radius 3 is 2.37 bits per heavy atom. The van der Waals surface area contributed by atoms with E-state index in [1.165, 1.54) is 23.6 Å². The van der Waals surface area contributed by atoms with E-state index in [-0.39, 0.29) is 16.6 Å². The summed E-state index contributed by atoms with van der Waals surface area (Å²) in [6, 6.07) is 6.58. The van der Waals surface area contributed by atoms with Crippen molar-refractivity contribution in [2.45, 2.75) is 24.1 Å². The van der Waals surface area contributed by atoms with Gasteiger partial charge in [0.05, 0.1) is 10.6 Å². The maximum absolute atomic E-state index is 12.5. The molecule has 19 heavy (non-hydrogen) atoms. The van der Waals surface area contributed by atoms with E-state index in [9.17, 15) is 13.2 Å². The Morgan fingerprint density at radius 1 is 1.32 bits per heavy atom. The lowest BCUT2D eigenvalue weighted by Gasteiger charge is -2.23. The monoisotopic (exact) mass is 315 g/mol. The molecule has 1 fully saturated rings. The van der Waals surface area contributed by atoms with Crippen molar-refractivity contribution in [2.75, 3.05) is 5.75 Å². The van der Waals surface area contributed by atoms with Crippen LogP contribution in [0.25, 0.3) is 0 Å². The maximum Gasteiger partial charge on any atom is 0.239 e. The first-order valence-electron chi connectivity index (χ1n) is 5.63. The molecule has 0 radical (unpaired) electrons. The summed E-state index contributed by atoms with van der Waals surface area (Å²) in [5, 5.41) is -0.967. The van der Waals surface area contributed by atoms with Gasteiger partial charge in [0.15, 0.2) is 9.84 Å². The second kappa shape index (κ2) is 5.22. The topological polar surface area (TPSA) is 54.5 Å². The van der Waals surface area contributed by atoms with Crippen molar-refractivity contribution in [3.8, 4) is 0 Å². The smallest absolute Gasteiger partial charge is 0.239 e. The summed E-state index contributed by atoms with van der Waals surface area (Å²) in [6.07, 6.45) is 0. The highest BCUT2D eigenvalue weighted by atomic mass is 32.2. The number of carbonyl (C=O) groups excluding carboxylic acids is 1. The van der Waals surface area contributed by atoms with E-state index in [4.69, 9.17) is 12.2 Å². The van der Waals surface area contributed by atoms with Crippen LogP contribution in [-0.2, 0) is 14.6 Å². The Morgan fingerprint density at radius 2 is 1.89 bits per heavy atom. The Bertz CT molecular complexity index is 606. The van der Waals surface area contributed by atoms with Crippen molar-refractivity contribution in [1.82, 2.24) is 4.90 Å². The largest absolute Gasteiger partial charge is 0.279 e. The first-order chi connectivity index (χ1) is 8.84. The standard InChI is InChI=1S/C12H13NO3S3/c1-8-3-5-10(6-4-8)19(15,16)9(2)13-11(14)7-18-12(13)17/h3-6,9H,7H2,1-2H3. The van der Waals surface area contributed by atoms with E-state index in [1.54, 1.807) is 24.3 Å². The number of thiocarbonyl (C=S) groups is 1. The van der Waals surface area contributed by atoms with E-state index in [1.807, 2.05) is 6.92 Å². The molecule has 102 valence electrons. The predicted octanol–water partition coefficient (Wildman–Crippen LogP) is 1.98. The summed E-state index contributed by atoms with van der Waals surface area (Å²) in [7, 11) is -3.60. The highest BCUT2D eigenvalue weighted by Crippen LogP contribution is 2.27. The van der Waals surface area contributed by atoms with Crippen LogP contribution in [0.5, 0.6) is 0 Å². The van der Waals surface area contributed by atoms with Crippen LogP contribution in [0.2, 0.25) is 0 Å². The lowest BCUT2D eigenvalue weighted by molar-refractivity contribution is -0.124. The second-order valence-corrected chi connectivity index (χ2v) is 8.13. The van der Waals surface area contributed by atoms with Crippen LogP contribution in [0, 0.1) is 6.92 Å². The SMILES string of the molecule is Cc1ccc(S(=O)(=O)C(C)N2C(=O)CSC2=S)cc1. The molecule has 1 aliphatic heterocycles. The van der Waals surface area contributed by atoms with Gasteiger partial charge in [-0.2, -0.15) is 0 Å². The van der Waals surface area contributed by atoms with E-state index in [0.717, 1.165) is 5.56 Å². The molecule has 1 aliphatic rings. The van der Waals surface area contributed by atoms with Crippen LogP contribution in [0.4, 0.5) is 0 Å². The van der Waals surface area contributed by atoms with Gasteiger partial charge in [0.1, 0.15) is 9.69 Å². The minimum Gasteiger partial charge on any atom is -0.279 e. The summed E-state index contributed by atoms with van der Waals surface area (Å²) in [4.78, 5) is 13.1. The van der Waals surface area contributed by atoms with Crippen LogP contribution in [0.1, 0.15) is 12.5 Å². The maximum atomic E-state index is 12.5. The van der Waals surface area contributed by atoms with Crippen LogP contribution in [-0.4, -0.2) is 34.7 Å². The fourth-order valence-electron chi connectivity index (χ4n) is 1.78. The third-order valence-electron chi connectivity index (χ3n) is 2.95. The van der Waals surface area contributed by atoms with E-state index in [0.29, 0.717) is 4.32 Å². The first kappa shape index (κ1) is 14.5. The molecular formula is C12H13NO3S3. The van der Waals surface area contributed by atoms with E-state index >= 15 is 0 Å². The number of aryl methyl sites for hydroxylation is 1. The molecule has 0 bridgehead atoms. The third kappa shape index (κ3) is 2.68. The Labute approximate surface area is 122 Å². The number of hydrogen-bond donors (Lipinski definition) is 0. The molecule has 0 aliphatic carbocycles. The highest BCUT2D eigenvalue weighted by molar-refractivity contribution is 8.24. The molecule has 7 heteroatoms. The van der Waals surface area contributed by atoms with Crippen molar-refractivity contribution in [2.24, 2.45) is 0 Å². The molecule has 0 aromatic heterocycles. The zero-order valence-corrected chi connectivity index (χ0v) is 12.9. The van der Waals surface area contributed by atoms with Gasteiger partial charge in [-0.15, -0.1) is 0 Å². The summed E-state index contributed by atoms with van der Waals surface area (Å²) in [5.41, 5.74) is 0.981. The average molecular weight is 315 g/mol. The quantitative estimate of drug-likeness (QED) is 0.798. The summed E-state index contributed by atoms with van der Waals surface area (Å²) >= 11 is 6.24. The molecule has 1 saturated heterocycles. The summed E-state index contributed by atoms with van der Waals surface area (Å²) < 4.78 is 25.2. The molecule has 0 N–H and O–H groups in total. The van der Waals surface area contributed by atoms with Gasteiger partial charge in [0.2, 0.25) is 5.91 Å². The molecule has 2 rings (SSSR count). The molecule has 1 aromatic carbocycles. The zero-order valence-electron chi connectivity index (χ0n) is 10.5. The van der Waals surface area contributed by atoms with Crippen molar-refractivity contribution >= 4 is 44.0 Å². The number of amides is 1. The van der Waals surface area contributed by atoms with Gasteiger partial charge in [-0.1, -0.05) is 41.7 Å². The normalized spacial score (nSPS) is 17.9. The van der Waals surface area contributed by atoms with Crippen molar-refractivity contribution < 1.29 is 13.2 Å².